The Balaban J connectivity index is 1.63. The summed E-state index contributed by atoms with van der Waals surface area (Å²) in [6, 6.07) is 15.8. The van der Waals surface area contributed by atoms with Gasteiger partial charge in [-0.2, -0.15) is 0 Å². The number of hydrogen-bond donors (Lipinski definition) is 1. The highest BCUT2D eigenvalue weighted by molar-refractivity contribution is 7.09. The summed E-state index contributed by atoms with van der Waals surface area (Å²) in [4.78, 5) is 16.9. The van der Waals surface area contributed by atoms with Gasteiger partial charge in [-0.05, 0) is 41.3 Å². The van der Waals surface area contributed by atoms with Crippen molar-refractivity contribution in [1.82, 2.24) is 4.98 Å². The maximum atomic E-state index is 12.4. The molecule has 0 aliphatic rings. The number of hydrogen-bond acceptors (Lipinski definition) is 4. The van der Waals surface area contributed by atoms with Crippen LogP contribution in [-0.2, 0) is 6.42 Å². The molecule has 3 rings (SSSR count). The predicted octanol–water partition coefficient (Wildman–Crippen LogP) is 5.12. The molecule has 2 aromatic carbocycles. The van der Waals surface area contributed by atoms with E-state index in [0.29, 0.717) is 18.0 Å². The molecule has 5 heteroatoms. The Kier molecular flexibility index (Phi) is 5.68. The van der Waals surface area contributed by atoms with Crippen LogP contribution < -0.4 is 10.1 Å². The van der Waals surface area contributed by atoms with Crippen molar-refractivity contribution >= 4 is 22.9 Å². The van der Waals surface area contributed by atoms with Gasteiger partial charge in [-0.15, -0.1) is 11.3 Å². The fraction of sp³-hybridized carbons (Fsp3) is 0.238. The van der Waals surface area contributed by atoms with Crippen LogP contribution in [0.2, 0.25) is 0 Å². The van der Waals surface area contributed by atoms with Crippen molar-refractivity contribution in [3.8, 4) is 5.75 Å². The second kappa shape index (κ2) is 8.15. The van der Waals surface area contributed by atoms with E-state index in [2.05, 4.69) is 24.1 Å². The number of nitrogens with one attached hydrogen (secondary N) is 1. The van der Waals surface area contributed by atoms with Crippen molar-refractivity contribution < 1.29 is 9.53 Å². The van der Waals surface area contributed by atoms with Crippen LogP contribution in [0.25, 0.3) is 0 Å². The smallest absolute Gasteiger partial charge is 0.275 e. The van der Waals surface area contributed by atoms with Crippen LogP contribution in [0.3, 0.4) is 0 Å². The molecule has 26 heavy (non-hydrogen) atoms. The Bertz CT molecular complexity index is 868. The maximum Gasteiger partial charge on any atom is 0.275 e. The SMILES string of the molecule is COc1ccc(Cc2nc(C(=O)Nc3ccc(C(C)C)cc3)cs2)cc1. The summed E-state index contributed by atoms with van der Waals surface area (Å²) in [5.74, 6) is 1.12. The highest BCUT2D eigenvalue weighted by Crippen LogP contribution is 2.20. The number of carbonyl (C=O) groups excluding carboxylic acids is 1. The molecule has 0 aliphatic heterocycles. The summed E-state index contributed by atoms with van der Waals surface area (Å²) in [7, 11) is 1.65. The lowest BCUT2D eigenvalue weighted by atomic mass is 10.0. The van der Waals surface area contributed by atoms with E-state index in [1.807, 2.05) is 48.5 Å². The molecule has 1 heterocycles. The Morgan fingerprint density at radius 3 is 2.42 bits per heavy atom. The van der Waals surface area contributed by atoms with E-state index in [9.17, 15) is 4.79 Å². The van der Waals surface area contributed by atoms with Crippen molar-refractivity contribution in [2.75, 3.05) is 12.4 Å². The fourth-order valence-corrected chi connectivity index (χ4v) is 3.37. The van der Waals surface area contributed by atoms with Crippen molar-refractivity contribution in [3.63, 3.8) is 0 Å². The van der Waals surface area contributed by atoms with E-state index >= 15 is 0 Å². The summed E-state index contributed by atoms with van der Waals surface area (Å²) in [6.07, 6.45) is 0.699. The molecule has 4 nitrogen and oxygen atoms in total. The van der Waals surface area contributed by atoms with Gasteiger partial charge in [-0.3, -0.25) is 4.79 Å². The molecule has 0 saturated carbocycles. The van der Waals surface area contributed by atoms with E-state index in [4.69, 9.17) is 4.74 Å². The van der Waals surface area contributed by atoms with Gasteiger partial charge < -0.3 is 10.1 Å². The van der Waals surface area contributed by atoms with E-state index < -0.39 is 0 Å². The molecule has 0 radical (unpaired) electrons. The van der Waals surface area contributed by atoms with E-state index in [1.165, 1.54) is 16.9 Å². The first-order chi connectivity index (χ1) is 12.5. The van der Waals surface area contributed by atoms with Gasteiger partial charge in [0.05, 0.1) is 12.1 Å². The molecule has 0 atom stereocenters. The Morgan fingerprint density at radius 2 is 1.81 bits per heavy atom. The lowest BCUT2D eigenvalue weighted by molar-refractivity contribution is 0.102. The number of methoxy groups -OCH3 is 1. The van der Waals surface area contributed by atoms with E-state index in [1.54, 1.807) is 12.5 Å². The van der Waals surface area contributed by atoms with Crippen molar-refractivity contribution in [2.45, 2.75) is 26.2 Å². The first-order valence-electron chi connectivity index (χ1n) is 8.54. The molecule has 0 bridgehead atoms. The molecule has 0 aliphatic carbocycles. The summed E-state index contributed by atoms with van der Waals surface area (Å²) >= 11 is 1.50. The third-order valence-electron chi connectivity index (χ3n) is 4.13. The molecular weight excluding hydrogens is 344 g/mol. The molecule has 3 aromatic rings. The van der Waals surface area contributed by atoms with Crippen LogP contribution in [0.5, 0.6) is 5.75 Å². The molecule has 0 saturated heterocycles. The number of benzene rings is 2. The van der Waals surface area contributed by atoms with Gasteiger partial charge in [0, 0.05) is 17.5 Å². The lowest BCUT2D eigenvalue weighted by Gasteiger charge is -2.07. The largest absolute Gasteiger partial charge is 0.497 e. The molecule has 1 amide bonds. The molecule has 0 fully saturated rings. The maximum absolute atomic E-state index is 12.4. The minimum atomic E-state index is -0.181. The molecule has 1 N–H and O–H groups in total. The van der Waals surface area contributed by atoms with Gasteiger partial charge in [0.25, 0.3) is 5.91 Å². The quantitative estimate of drug-likeness (QED) is 0.659. The molecular formula is C21H22N2O2S. The Morgan fingerprint density at radius 1 is 1.12 bits per heavy atom. The number of thiazole rings is 1. The minimum absolute atomic E-state index is 0.181. The molecule has 0 unspecified atom stereocenters. The molecule has 1 aromatic heterocycles. The molecule has 134 valence electrons. The second-order valence-corrected chi connectivity index (χ2v) is 7.32. The van der Waals surface area contributed by atoms with Gasteiger partial charge >= 0.3 is 0 Å². The van der Waals surface area contributed by atoms with Gasteiger partial charge in [-0.1, -0.05) is 38.1 Å². The van der Waals surface area contributed by atoms with Crippen LogP contribution in [0, 0.1) is 0 Å². The summed E-state index contributed by atoms with van der Waals surface area (Å²) < 4.78 is 5.17. The summed E-state index contributed by atoms with van der Waals surface area (Å²) in [5.41, 5.74) is 3.62. The van der Waals surface area contributed by atoms with Crippen molar-refractivity contribution in [3.05, 3.63) is 75.7 Å². The number of nitrogens with zero attached hydrogens (tertiary/aromatic N) is 1. The number of ether oxygens (including phenoxy) is 1. The Hall–Kier alpha value is -2.66. The van der Waals surface area contributed by atoms with Crippen LogP contribution >= 0.6 is 11.3 Å². The first kappa shape index (κ1) is 18.1. The second-order valence-electron chi connectivity index (χ2n) is 6.38. The van der Waals surface area contributed by atoms with E-state index in [-0.39, 0.29) is 5.91 Å². The third kappa shape index (κ3) is 4.49. The standard InChI is InChI=1S/C21H22N2O2S/c1-14(2)16-6-8-17(9-7-16)22-21(24)19-13-26-20(23-19)12-15-4-10-18(25-3)11-5-15/h4-11,13-14H,12H2,1-3H3,(H,22,24). The zero-order valence-corrected chi connectivity index (χ0v) is 16.0. The number of anilines is 1. The molecule has 0 spiro atoms. The van der Waals surface area contributed by atoms with Gasteiger partial charge in [0.15, 0.2) is 0 Å². The monoisotopic (exact) mass is 366 g/mol. The minimum Gasteiger partial charge on any atom is -0.497 e. The number of aromatic nitrogens is 1. The van der Waals surface area contributed by atoms with Crippen LogP contribution in [0.4, 0.5) is 5.69 Å². The normalized spacial score (nSPS) is 10.8. The van der Waals surface area contributed by atoms with Crippen LogP contribution in [-0.4, -0.2) is 18.0 Å². The summed E-state index contributed by atoms with van der Waals surface area (Å²) in [5, 5.41) is 5.62. The topological polar surface area (TPSA) is 51.2 Å². The fourth-order valence-electron chi connectivity index (χ4n) is 2.56. The van der Waals surface area contributed by atoms with Gasteiger partial charge in [-0.25, -0.2) is 4.98 Å². The highest BCUT2D eigenvalue weighted by atomic mass is 32.1. The zero-order chi connectivity index (χ0) is 18.5. The van der Waals surface area contributed by atoms with Crippen molar-refractivity contribution in [1.29, 1.82) is 0 Å². The number of amides is 1. The third-order valence-corrected chi connectivity index (χ3v) is 4.98. The highest BCUT2D eigenvalue weighted by Gasteiger charge is 2.12. The number of carbonyl (C=O) groups is 1. The summed E-state index contributed by atoms with van der Waals surface area (Å²) in [6.45, 7) is 4.29. The predicted molar refractivity (Wildman–Crippen MR) is 106 cm³/mol. The Labute approximate surface area is 157 Å². The average Bonchev–Trinajstić information content (AvgIpc) is 3.11. The zero-order valence-electron chi connectivity index (χ0n) is 15.2. The van der Waals surface area contributed by atoms with Gasteiger partial charge in [0.2, 0.25) is 0 Å². The van der Waals surface area contributed by atoms with E-state index in [0.717, 1.165) is 22.0 Å². The number of rotatable bonds is 6. The van der Waals surface area contributed by atoms with Gasteiger partial charge in [0.1, 0.15) is 11.4 Å². The first-order valence-corrected chi connectivity index (χ1v) is 9.42. The van der Waals surface area contributed by atoms with Crippen LogP contribution in [0.15, 0.2) is 53.9 Å². The van der Waals surface area contributed by atoms with Crippen molar-refractivity contribution in [2.24, 2.45) is 0 Å². The average molecular weight is 366 g/mol. The van der Waals surface area contributed by atoms with Crippen LogP contribution in [0.1, 0.15) is 46.4 Å². The lowest BCUT2D eigenvalue weighted by Crippen LogP contribution is -2.12.